The molecular weight excluding hydrogens is 425 g/mol. The molecule has 2 N–H and O–H groups in total. The Hall–Kier alpha value is -4.45. The van der Waals surface area contributed by atoms with Gasteiger partial charge >= 0.3 is 5.69 Å². The lowest BCUT2D eigenvalue weighted by atomic mass is 10.1. The lowest BCUT2D eigenvalue weighted by molar-refractivity contribution is -0.118. The summed E-state index contributed by atoms with van der Waals surface area (Å²) in [5, 5.41) is 14.6. The van der Waals surface area contributed by atoms with Gasteiger partial charge in [0, 0.05) is 18.3 Å². The molecule has 0 aliphatic carbocycles. The van der Waals surface area contributed by atoms with Crippen LogP contribution in [0.3, 0.4) is 0 Å². The number of carbonyl (C=O) groups is 1. The van der Waals surface area contributed by atoms with Crippen molar-refractivity contribution in [3.8, 4) is 6.07 Å². The highest BCUT2D eigenvalue weighted by atomic mass is 19.1. The quantitative estimate of drug-likeness (QED) is 0.620. The summed E-state index contributed by atoms with van der Waals surface area (Å²) in [4.78, 5) is 38.6. The first-order valence-electron chi connectivity index (χ1n) is 10.2. The van der Waals surface area contributed by atoms with Gasteiger partial charge in [-0.3, -0.25) is 18.7 Å². The average molecular weight is 445 g/mol. The number of hydrogen-bond donors (Lipinski definition) is 2. The van der Waals surface area contributed by atoms with Crippen LogP contribution in [-0.2, 0) is 24.4 Å². The van der Waals surface area contributed by atoms with Gasteiger partial charge in [0.25, 0.3) is 11.5 Å². The Bertz CT molecular complexity index is 1410. The van der Waals surface area contributed by atoms with E-state index in [2.05, 4.69) is 10.6 Å². The van der Waals surface area contributed by atoms with Crippen LogP contribution in [0.15, 0.2) is 63.8 Å². The molecule has 2 aromatic carbocycles. The molecule has 1 aromatic heterocycles. The number of nitrogens with one attached hydrogen (secondary N) is 2. The van der Waals surface area contributed by atoms with Crippen LogP contribution in [-0.4, -0.2) is 15.0 Å². The summed E-state index contributed by atoms with van der Waals surface area (Å²) in [6.45, 7) is 2.01. The van der Waals surface area contributed by atoms with E-state index >= 15 is 0 Å². The molecule has 0 saturated heterocycles. The molecule has 0 unspecified atom stereocenters. The van der Waals surface area contributed by atoms with Gasteiger partial charge in [0.1, 0.15) is 11.5 Å². The predicted octanol–water partition coefficient (Wildman–Crippen LogP) is 1.60. The Morgan fingerprint density at radius 1 is 1.12 bits per heavy atom. The molecule has 33 heavy (non-hydrogen) atoms. The van der Waals surface area contributed by atoms with Crippen LogP contribution in [0.4, 0.5) is 4.39 Å². The lowest BCUT2D eigenvalue weighted by Gasteiger charge is -2.22. The Morgan fingerprint density at radius 3 is 2.45 bits per heavy atom. The number of carbonyl (C=O) groups excluding carboxylic acids is 1. The van der Waals surface area contributed by atoms with Crippen molar-refractivity contribution in [2.45, 2.75) is 26.6 Å². The molecule has 1 amide bonds. The fourth-order valence-corrected chi connectivity index (χ4v) is 3.57. The number of nitrogens with zero attached hydrogens (tertiary/aromatic N) is 3. The van der Waals surface area contributed by atoms with Crippen molar-refractivity contribution in [2.24, 2.45) is 0 Å². The average Bonchev–Trinajstić information content (AvgIpc) is 2.84. The van der Waals surface area contributed by atoms with Gasteiger partial charge in [-0.25, -0.2) is 9.18 Å². The first-order chi connectivity index (χ1) is 15.9. The summed E-state index contributed by atoms with van der Waals surface area (Å²) in [7, 11) is 0. The molecule has 0 radical (unpaired) electrons. The van der Waals surface area contributed by atoms with Crippen molar-refractivity contribution in [3.05, 3.63) is 109 Å². The van der Waals surface area contributed by atoms with Crippen LogP contribution in [0, 0.1) is 24.1 Å². The maximum Gasteiger partial charge on any atom is 0.335 e. The number of fused-ring (bicyclic) bond motifs is 1. The third-order valence-electron chi connectivity index (χ3n) is 5.47. The highest BCUT2D eigenvalue weighted by Crippen LogP contribution is 2.11. The Morgan fingerprint density at radius 2 is 1.79 bits per heavy atom. The molecule has 9 heteroatoms. The van der Waals surface area contributed by atoms with E-state index in [1.54, 1.807) is 43.3 Å². The zero-order valence-electron chi connectivity index (χ0n) is 17.8. The van der Waals surface area contributed by atoms with Gasteiger partial charge in [0.05, 0.1) is 30.4 Å². The number of benzene rings is 2. The van der Waals surface area contributed by atoms with E-state index in [0.717, 1.165) is 10.1 Å². The number of amides is 1. The molecule has 1 aliphatic rings. The molecule has 0 fully saturated rings. The van der Waals surface area contributed by atoms with E-state index in [9.17, 15) is 18.8 Å². The molecule has 3 aromatic rings. The largest absolute Gasteiger partial charge is 0.374 e. The van der Waals surface area contributed by atoms with E-state index in [0.29, 0.717) is 22.4 Å². The molecule has 166 valence electrons. The lowest BCUT2D eigenvalue weighted by Crippen LogP contribution is -2.45. The van der Waals surface area contributed by atoms with Crippen molar-refractivity contribution < 1.29 is 9.18 Å². The predicted molar refractivity (Wildman–Crippen MR) is 119 cm³/mol. The Kier molecular flexibility index (Phi) is 5.91. The number of hydrogen-bond acceptors (Lipinski definition) is 5. The zero-order valence-corrected chi connectivity index (χ0v) is 17.8. The normalized spacial score (nSPS) is 12.2. The van der Waals surface area contributed by atoms with Gasteiger partial charge in [-0.05, 0) is 42.3 Å². The van der Waals surface area contributed by atoms with Crippen LogP contribution in [0.1, 0.15) is 27.9 Å². The maximum absolute atomic E-state index is 13.1. The second kappa shape index (κ2) is 8.96. The third-order valence-corrected chi connectivity index (χ3v) is 5.47. The number of rotatable bonds is 5. The van der Waals surface area contributed by atoms with Gasteiger partial charge in [-0.1, -0.05) is 24.3 Å². The van der Waals surface area contributed by atoms with Gasteiger partial charge in [0.15, 0.2) is 0 Å². The summed E-state index contributed by atoms with van der Waals surface area (Å²) in [5.41, 5.74) is 2.00. The molecule has 2 heterocycles. The van der Waals surface area contributed by atoms with E-state index in [-0.39, 0.29) is 31.1 Å². The van der Waals surface area contributed by atoms with E-state index in [4.69, 9.17) is 5.26 Å². The Balaban J connectivity index is 1.62. The summed E-state index contributed by atoms with van der Waals surface area (Å²) in [6, 6.07) is 14.4. The molecule has 0 spiro atoms. The van der Waals surface area contributed by atoms with Gasteiger partial charge in [0.2, 0.25) is 0 Å². The topological polar surface area (TPSA) is 109 Å². The minimum atomic E-state index is -0.560. The minimum absolute atomic E-state index is 0.0395. The molecular formula is C24H20FN5O3. The summed E-state index contributed by atoms with van der Waals surface area (Å²) >= 11 is 0. The second-order valence-corrected chi connectivity index (χ2v) is 7.63. The Labute approximate surface area is 188 Å². The molecule has 1 aliphatic heterocycles. The van der Waals surface area contributed by atoms with Gasteiger partial charge in [-0.2, -0.15) is 5.26 Å². The fraction of sp³-hybridized carbons (Fsp3) is 0.167. The highest BCUT2D eigenvalue weighted by molar-refractivity contribution is 5.95. The van der Waals surface area contributed by atoms with Crippen molar-refractivity contribution in [1.29, 1.82) is 5.26 Å². The SMILES string of the molecule is Cc1c2n(c(=O)n(Cc3ccc(C#N)cc3)c1=O)C=C(C(=O)NCc1ccc(F)cc1)NC2. The van der Waals surface area contributed by atoms with Crippen molar-refractivity contribution in [2.75, 3.05) is 0 Å². The molecule has 0 saturated carbocycles. The van der Waals surface area contributed by atoms with Crippen molar-refractivity contribution in [3.63, 3.8) is 0 Å². The number of halogens is 1. The number of aromatic nitrogens is 2. The van der Waals surface area contributed by atoms with Crippen molar-refractivity contribution in [1.82, 2.24) is 19.8 Å². The number of nitriles is 1. The van der Waals surface area contributed by atoms with Crippen LogP contribution in [0.5, 0.6) is 0 Å². The summed E-state index contributed by atoms with van der Waals surface area (Å²) in [5.74, 6) is -0.792. The summed E-state index contributed by atoms with van der Waals surface area (Å²) in [6.07, 6.45) is 1.38. The molecule has 8 nitrogen and oxygen atoms in total. The monoisotopic (exact) mass is 445 g/mol. The second-order valence-electron chi connectivity index (χ2n) is 7.63. The van der Waals surface area contributed by atoms with Gasteiger partial charge in [-0.15, -0.1) is 0 Å². The van der Waals surface area contributed by atoms with Crippen molar-refractivity contribution >= 4 is 12.1 Å². The van der Waals surface area contributed by atoms with E-state index in [1.165, 1.54) is 22.9 Å². The molecule has 4 rings (SSSR count). The molecule has 0 bridgehead atoms. The van der Waals surface area contributed by atoms with Crippen LogP contribution < -0.4 is 21.9 Å². The van der Waals surface area contributed by atoms with E-state index in [1.807, 2.05) is 6.07 Å². The zero-order chi connectivity index (χ0) is 23.5. The van der Waals surface area contributed by atoms with Crippen LogP contribution in [0.25, 0.3) is 6.20 Å². The van der Waals surface area contributed by atoms with Crippen LogP contribution in [0.2, 0.25) is 0 Å². The third kappa shape index (κ3) is 4.45. The fourth-order valence-electron chi connectivity index (χ4n) is 3.57. The maximum atomic E-state index is 13.1. The smallest absolute Gasteiger partial charge is 0.335 e. The first kappa shape index (κ1) is 21.8. The first-order valence-corrected chi connectivity index (χ1v) is 10.2. The molecule has 0 atom stereocenters. The standard InChI is InChI=1S/C24H20FN5O3/c1-15-21-12-27-20(22(31)28-11-17-6-8-19(25)9-7-17)14-29(21)24(33)30(23(15)32)13-18-4-2-16(10-26)3-5-18/h2-9,14,27H,11-13H2,1H3,(H,28,31). The minimum Gasteiger partial charge on any atom is -0.374 e. The summed E-state index contributed by atoms with van der Waals surface area (Å²) < 4.78 is 15.5. The van der Waals surface area contributed by atoms with Crippen LogP contribution >= 0.6 is 0 Å². The highest BCUT2D eigenvalue weighted by Gasteiger charge is 2.22. The van der Waals surface area contributed by atoms with Gasteiger partial charge < -0.3 is 10.6 Å². The van der Waals surface area contributed by atoms with E-state index < -0.39 is 17.2 Å².